The smallest absolute Gasteiger partial charge is 0.238 e. The number of aryl methyl sites for hydroxylation is 1. The Hall–Kier alpha value is -2.90. The van der Waals surface area contributed by atoms with E-state index in [4.69, 9.17) is 14.5 Å². The van der Waals surface area contributed by atoms with E-state index >= 15 is 0 Å². The molecule has 0 aliphatic carbocycles. The van der Waals surface area contributed by atoms with Gasteiger partial charge in [0.15, 0.2) is 11.5 Å². The fraction of sp³-hybridized carbons (Fsp3) is 0.273. The Bertz CT molecular complexity index is 970. The van der Waals surface area contributed by atoms with Crippen LogP contribution in [0.1, 0.15) is 11.3 Å². The summed E-state index contributed by atoms with van der Waals surface area (Å²) in [6.07, 6.45) is 0. The van der Waals surface area contributed by atoms with Gasteiger partial charge in [-0.05, 0) is 38.2 Å². The maximum Gasteiger partial charge on any atom is 0.238 e. The molecule has 0 saturated heterocycles. The molecule has 0 fully saturated rings. The zero-order chi connectivity index (χ0) is 20.8. The summed E-state index contributed by atoms with van der Waals surface area (Å²) in [4.78, 5) is 18.9. The van der Waals surface area contributed by atoms with E-state index in [1.54, 1.807) is 25.6 Å². The first-order chi connectivity index (χ1) is 14.0. The van der Waals surface area contributed by atoms with Crippen molar-refractivity contribution in [3.63, 3.8) is 0 Å². The Morgan fingerprint density at radius 3 is 2.59 bits per heavy atom. The molecule has 1 amide bonds. The molecule has 0 spiro atoms. The average molecular weight is 412 g/mol. The summed E-state index contributed by atoms with van der Waals surface area (Å²) in [5.41, 5.74) is 3.76. The van der Waals surface area contributed by atoms with Gasteiger partial charge in [0.2, 0.25) is 5.91 Å². The largest absolute Gasteiger partial charge is 0.493 e. The van der Waals surface area contributed by atoms with E-state index in [0.29, 0.717) is 18.0 Å². The molecule has 0 aliphatic rings. The summed E-state index contributed by atoms with van der Waals surface area (Å²) in [6.45, 7) is 2.87. The number of hydrogen-bond donors (Lipinski definition) is 1. The molecule has 0 unspecified atom stereocenters. The van der Waals surface area contributed by atoms with E-state index in [2.05, 4.69) is 5.32 Å². The van der Waals surface area contributed by atoms with Crippen LogP contribution in [0.25, 0.3) is 10.6 Å². The van der Waals surface area contributed by atoms with Crippen LogP contribution in [0.3, 0.4) is 0 Å². The maximum atomic E-state index is 12.3. The number of ether oxygens (including phenoxy) is 2. The highest BCUT2D eigenvalue weighted by molar-refractivity contribution is 7.13. The summed E-state index contributed by atoms with van der Waals surface area (Å²) in [5.74, 6) is 1.29. The van der Waals surface area contributed by atoms with Crippen molar-refractivity contribution in [2.45, 2.75) is 13.5 Å². The van der Waals surface area contributed by atoms with Gasteiger partial charge in [0.25, 0.3) is 0 Å². The van der Waals surface area contributed by atoms with Crippen molar-refractivity contribution in [2.75, 3.05) is 33.1 Å². The summed E-state index contributed by atoms with van der Waals surface area (Å²) >= 11 is 1.54. The number of methoxy groups -OCH3 is 2. The minimum atomic E-state index is -0.0544. The number of anilines is 1. The van der Waals surface area contributed by atoms with Crippen LogP contribution in [0, 0.1) is 6.92 Å². The Kier molecular flexibility index (Phi) is 6.85. The molecule has 3 aromatic rings. The van der Waals surface area contributed by atoms with Crippen molar-refractivity contribution in [2.24, 2.45) is 0 Å². The predicted octanol–water partition coefficient (Wildman–Crippen LogP) is 4.21. The number of rotatable bonds is 8. The number of thiazole rings is 1. The van der Waals surface area contributed by atoms with E-state index < -0.39 is 0 Å². The van der Waals surface area contributed by atoms with Gasteiger partial charge < -0.3 is 14.8 Å². The number of nitrogens with one attached hydrogen (secondary N) is 1. The molecular weight excluding hydrogens is 386 g/mol. The Morgan fingerprint density at radius 2 is 1.90 bits per heavy atom. The maximum absolute atomic E-state index is 12.3. The lowest BCUT2D eigenvalue weighted by atomic mass is 10.2. The van der Waals surface area contributed by atoms with Crippen LogP contribution >= 0.6 is 11.3 Å². The normalized spacial score (nSPS) is 10.8. The molecule has 6 nitrogen and oxygen atoms in total. The summed E-state index contributed by atoms with van der Waals surface area (Å²) < 4.78 is 10.9. The number of para-hydroxylation sites is 1. The molecule has 152 valence electrons. The summed E-state index contributed by atoms with van der Waals surface area (Å²) in [6, 6.07) is 13.5. The van der Waals surface area contributed by atoms with E-state index in [1.165, 1.54) is 0 Å². The molecule has 1 heterocycles. The zero-order valence-corrected chi connectivity index (χ0v) is 17.9. The first-order valence-electron chi connectivity index (χ1n) is 9.21. The Labute approximate surface area is 175 Å². The van der Waals surface area contributed by atoms with Crippen molar-refractivity contribution in [1.29, 1.82) is 0 Å². The number of likely N-dealkylation sites (N-methyl/N-ethyl adjacent to an activating group) is 1. The number of aromatic nitrogens is 1. The Balaban J connectivity index is 1.62. The van der Waals surface area contributed by atoms with E-state index in [-0.39, 0.29) is 12.5 Å². The van der Waals surface area contributed by atoms with Crippen LogP contribution in [0.2, 0.25) is 0 Å². The lowest BCUT2D eigenvalue weighted by Crippen LogP contribution is -2.29. The van der Waals surface area contributed by atoms with Crippen molar-refractivity contribution < 1.29 is 14.3 Å². The second-order valence-electron chi connectivity index (χ2n) is 6.77. The van der Waals surface area contributed by atoms with Crippen LogP contribution < -0.4 is 14.8 Å². The molecule has 0 saturated carbocycles. The van der Waals surface area contributed by atoms with E-state index in [0.717, 1.165) is 27.5 Å². The van der Waals surface area contributed by atoms with Crippen molar-refractivity contribution in [1.82, 2.24) is 9.88 Å². The molecule has 7 heteroatoms. The first-order valence-corrected chi connectivity index (χ1v) is 10.1. The quantitative estimate of drug-likeness (QED) is 0.602. The highest BCUT2D eigenvalue weighted by Crippen LogP contribution is 2.39. The summed E-state index contributed by atoms with van der Waals surface area (Å²) in [5, 5.41) is 5.77. The highest BCUT2D eigenvalue weighted by atomic mass is 32.1. The van der Waals surface area contributed by atoms with Gasteiger partial charge in [-0.25, -0.2) is 4.98 Å². The molecule has 1 N–H and O–H groups in total. The number of carbonyl (C=O) groups excluding carboxylic acids is 1. The van der Waals surface area contributed by atoms with Crippen LogP contribution in [0.4, 0.5) is 5.69 Å². The molecule has 2 aromatic carbocycles. The second-order valence-corrected chi connectivity index (χ2v) is 7.63. The van der Waals surface area contributed by atoms with Gasteiger partial charge in [0, 0.05) is 17.6 Å². The molecule has 1 aromatic heterocycles. The second kappa shape index (κ2) is 9.54. The average Bonchev–Trinajstić information content (AvgIpc) is 3.16. The highest BCUT2D eigenvalue weighted by Gasteiger charge is 2.15. The number of nitrogens with zero attached hydrogens (tertiary/aromatic N) is 2. The first kappa shape index (κ1) is 20.8. The molecule has 0 aliphatic heterocycles. The minimum absolute atomic E-state index is 0.0544. The van der Waals surface area contributed by atoms with Crippen LogP contribution in [0.5, 0.6) is 11.5 Å². The molecule has 3 rings (SSSR count). The summed E-state index contributed by atoms with van der Waals surface area (Å²) in [7, 11) is 5.14. The number of benzene rings is 2. The topological polar surface area (TPSA) is 63.7 Å². The Morgan fingerprint density at radius 1 is 1.14 bits per heavy atom. The number of hydrogen-bond acceptors (Lipinski definition) is 6. The van der Waals surface area contributed by atoms with Gasteiger partial charge in [-0.15, -0.1) is 11.3 Å². The number of amides is 1. The molecular formula is C22H25N3O3S. The van der Waals surface area contributed by atoms with E-state index in [9.17, 15) is 4.79 Å². The van der Waals surface area contributed by atoms with Gasteiger partial charge in [-0.3, -0.25) is 9.69 Å². The van der Waals surface area contributed by atoms with Gasteiger partial charge in [0.1, 0.15) is 5.01 Å². The molecule has 0 bridgehead atoms. The zero-order valence-electron chi connectivity index (χ0n) is 17.1. The van der Waals surface area contributed by atoms with Crippen molar-refractivity contribution in [3.8, 4) is 22.1 Å². The predicted molar refractivity (Wildman–Crippen MR) is 117 cm³/mol. The standard InChI is InChI=1S/C22H25N3O3S/c1-15-8-10-16(11-9-15)23-20(26)13-25(2)12-17-14-29-22(24-17)18-6-5-7-19(27-3)21(18)28-4/h5-11,14H,12-13H2,1-4H3,(H,23,26). The van der Waals surface area contributed by atoms with Crippen LogP contribution in [-0.2, 0) is 11.3 Å². The minimum Gasteiger partial charge on any atom is -0.493 e. The van der Waals surface area contributed by atoms with Gasteiger partial charge in [-0.2, -0.15) is 0 Å². The van der Waals surface area contributed by atoms with Gasteiger partial charge in [0.05, 0.1) is 32.0 Å². The molecule has 0 atom stereocenters. The van der Waals surface area contributed by atoms with Crippen molar-refractivity contribution in [3.05, 3.63) is 59.1 Å². The third kappa shape index (κ3) is 5.34. The van der Waals surface area contributed by atoms with Gasteiger partial charge >= 0.3 is 0 Å². The van der Waals surface area contributed by atoms with Crippen LogP contribution in [0.15, 0.2) is 47.8 Å². The fourth-order valence-corrected chi connectivity index (χ4v) is 3.81. The van der Waals surface area contributed by atoms with Crippen molar-refractivity contribution >= 4 is 22.9 Å². The molecule has 29 heavy (non-hydrogen) atoms. The molecule has 0 radical (unpaired) electrons. The van der Waals surface area contributed by atoms with Gasteiger partial charge in [-0.1, -0.05) is 23.8 Å². The number of carbonyl (C=O) groups is 1. The van der Waals surface area contributed by atoms with Crippen LogP contribution in [-0.4, -0.2) is 43.6 Å². The lowest BCUT2D eigenvalue weighted by Gasteiger charge is -2.15. The SMILES string of the molecule is COc1cccc(-c2nc(CN(C)CC(=O)Nc3ccc(C)cc3)cs2)c1OC. The monoisotopic (exact) mass is 411 g/mol. The lowest BCUT2D eigenvalue weighted by molar-refractivity contribution is -0.117. The fourth-order valence-electron chi connectivity index (χ4n) is 2.97. The third-order valence-electron chi connectivity index (χ3n) is 4.37. The third-order valence-corrected chi connectivity index (χ3v) is 5.29. The van der Waals surface area contributed by atoms with E-state index in [1.807, 2.05) is 66.7 Å².